The van der Waals surface area contributed by atoms with Crippen LogP contribution in [0, 0.1) is 0 Å². The van der Waals surface area contributed by atoms with Crippen LogP contribution in [0.4, 0.5) is 0 Å². The quantitative estimate of drug-likeness (QED) is 0.276. The molecule has 1 amide bonds. The summed E-state index contributed by atoms with van der Waals surface area (Å²) in [4.78, 5) is 18.2. The first-order chi connectivity index (χ1) is 13.7. The van der Waals surface area contributed by atoms with Crippen molar-refractivity contribution >= 4 is 35.8 Å². The zero-order chi connectivity index (χ0) is 21.4. The van der Waals surface area contributed by atoms with Crippen molar-refractivity contribution in [3.05, 3.63) is 53.3 Å². The van der Waals surface area contributed by atoms with E-state index in [1.807, 2.05) is 38.2 Å². The maximum Gasteiger partial charge on any atom is 0.253 e. The lowest BCUT2D eigenvalue weighted by Gasteiger charge is -2.20. The van der Waals surface area contributed by atoms with E-state index >= 15 is 0 Å². The number of aryl methyl sites for hydroxylation is 1. The zero-order valence-corrected chi connectivity index (χ0v) is 20.7. The van der Waals surface area contributed by atoms with E-state index in [1.165, 1.54) is 0 Å². The summed E-state index contributed by atoms with van der Waals surface area (Å²) in [7, 11) is 5.31. The summed E-state index contributed by atoms with van der Waals surface area (Å²) in [6.07, 6.45) is 4.19. The first-order valence-electron chi connectivity index (χ1n) is 9.77. The Kier molecular flexibility index (Phi) is 10.3. The van der Waals surface area contributed by atoms with Crippen LogP contribution in [-0.4, -0.2) is 65.4 Å². The minimum absolute atomic E-state index is 0. The highest BCUT2D eigenvalue weighted by atomic mass is 127. The van der Waals surface area contributed by atoms with Crippen LogP contribution >= 0.6 is 24.0 Å². The summed E-state index contributed by atoms with van der Waals surface area (Å²) in [6, 6.07) is 7.65. The van der Waals surface area contributed by atoms with E-state index in [0.717, 1.165) is 17.5 Å². The second-order valence-corrected chi connectivity index (χ2v) is 7.45. The Morgan fingerprint density at radius 2 is 2.07 bits per heavy atom. The third-order valence-corrected chi connectivity index (χ3v) is 4.50. The first-order valence-corrected chi connectivity index (χ1v) is 9.77. The number of hydrogen-bond acceptors (Lipinski definition) is 4. The fourth-order valence-electron chi connectivity index (χ4n) is 2.81. The van der Waals surface area contributed by atoms with Crippen molar-refractivity contribution < 1.29 is 9.90 Å². The molecule has 1 unspecified atom stereocenters. The second kappa shape index (κ2) is 11.9. The number of aliphatic hydroxyl groups is 1. The number of hydrogen-bond donors (Lipinski definition) is 3. The molecular weight excluding hydrogens is 495 g/mol. The maximum absolute atomic E-state index is 12.1. The van der Waals surface area contributed by atoms with E-state index in [9.17, 15) is 9.90 Å². The Morgan fingerprint density at radius 3 is 2.67 bits per heavy atom. The molecular formula is C21H33IN6O2. The number of rotatable bonds is 8. The minimum atomic E-state index is -1.10. The molecule has 0 fully saturated rings. The van der Waals surface area contributed by atoms with Crippen LogP contribution in [0.5, 0.6) is 0 Å². The molecule has 1 heterocycles. The van der Waals surface area contributed by atoms with Crippen molar-refractivity contribution in [1.29, 1.82) is 0 Å². The smallest absolute Gasteiger partial charge is 0.253 e. The van der Waals surface area contributed by atoms with Crippen LogP contribution in [0.15, 0.2) is 41.7 Å². The van der Waals surface area contributed by atoms with Gasteiger partial charge >= 0.3 is 0 Å². The van der Waals surface area contributed by atoms with Crippen LogP contribution < -0.4 is 10.6 Å². The van der Waals surface area contributed by atoms with E-state index in [0.29, 0.717) is 24.6 Å². The van der Waals surface area contributed by atoms with Gasteiger partial charge in [0.1, 0.15) is 5.60 Å². The van der Waals surface area contributed by atoms with Gasteiger partial charge in [-0.2, -0.15) is 5.10 Å². The number of halogens is 1. The van der Waals surface area contributed by atoms with Gasteiger partial charge in [-0.05, 0) is 38.0 Å². The van der Waals surface area contributed by atoms with E-state index in [-0.39, 0.29) is 36.4 Å². The van der Waals surface area contributed by atoms with E-state index in [4.69, 9.17) is 0 Å². The molecule has 9 heteroatoms. The van der Waals surface area contributed by atoms with Crippen molar-refractivity contribution in [3.8, 4) is 0 Å². The molecule has 2 aromatic rings. The van der Waals surface area contributed by atoms with E-state index in [1.54, 1.807) is 43.0 Å². The Labute approximate surface area is 195 Å². The molecule has 1 aromatic carbocycles. The Hall–Kier alpha value is -2.14. The number of carbonyl (C=O) groups is 1. The Balaban J connectivity index is 0.00000450. The lowest BCUT2D eigenvalue weighted by molar-refractivity contribution is 0.0671. The summed E-state index contributed by atoms with van der Waals surface area (Å²) < 4.78 is 1.66. The number of carbonyl (C=O) groups excluding carboxylic acids is 1. The summed E-state index contributed by atoms with van der Waals surface area (Å²) >= 11 is 0. The molecule has 0 saturated carbocycles. The second-order valence-electron chi connectivity index (χ2n) is 7.45. The van der Waals surface area contributed by atoms with Gasteiger partial charge in [-0.3, -0.25) is 9.48 Å². The van der Waals surface area contributed by atoms with Gasteiger partial charge in [-0.1, -0.05) is 12.1 Å². The maximum atomic E-state index is 12.1. The van der Waals surface area contributed by atoms with Crippen molar-refractivity contribution in [1.82, 2.24) is 25.3 Å². The van der Waals surface area contributed by atoms with E-state index < -0.39 is 5.60 Å². The van der Waals surface area contributed by atoms with Crippen LogP contribution in [0.25, 0.3) is 0 Å². The van der Waals surface area contributed by atoms with Crippen LogP contribution in [0.2, 0.25) is 0 Å². The first kappa shape index (κ1) is 25.9. The van der Waals surface area contributed by atoms with Crippen molar-refractivity contribution in [2.24, 2.45) is 12.0 Å². The molecule has 30 heavy (non-hydrogen) atoms. The lowest BCUT2D eigenvalue weighted by Crippen LogP contribution is -2.39. The monoisotopic (exact) mass is 528 g/mol. The lowest BCUT2D eigenvalue weighted by atomic mass is 10.0. The molecule has 0 radical (unpaired) electrons. The molecule has 0 aliphatic rings. The highest BCUT2D eigenvalue weighted by Gasteiger charge is 2.24. The fourth-order valence-corrected chi connectivity index (χ4v) is 2.81. The molecule has 1 atom stereocenters. The average molecular weight is 528 g/mol. The third-order valence-electron chi connectivity index (χ3n) is 4.50. The molecule has 0 aliphatic heterocycles. The van der Waals surface area contributed by atoms with E-state index in [2.05, 4.69) is 20.7 Å². The third kappa shape index (κ3) is 7.60. The van der Waals surface area contributed by atoms with Crippen LogP contribution in [-0.2, 0) is 19.1 Å². The molecule has 3 N–H and O–H groups in total. The van der Waals surface area contributed by atoms with Crippen molar-refractivity contribution in [2.45, 2.75) is 25.9 Å². The summed E-state index contributed by atoms with van der Waals surface area (Å²) in [5, 5.41) is 21.3. The van der Waals surface area contributed by atoms with Gasteiger partial charge in [0.2, 0.25) is 0 Å². The van der Waals surface area contributed by atoms with Gasteiger partial charge < -0.3 is 20.6 Å². The molecule has 1 aromatic heterocycles. The van der Waals surface area contributed by atoms with Crippen LogP contribution in [0.1, 0.15) is 35.3 Å². The standard InChI is InChI=1S/C21H32N6O2.HI/c1-6-22-20(24-15-21(2,29)18-13-25-27(5)14-18)23-11-10-16-8-7-9-17(12-16)19(28)26(3)4;/h7-9,12-14,29H,6,10-11,15H2,1-5H3,(H2,22,23,24);1H. The molecule has 166 valence electrons. The number of aliphatic imine (C=N–C) groups is 1. The molecule has 0 spiro atoms. The average Bonchev–Trinajstić information content (AvgIpc) is 3.13. The van der Waals surface area contributed by atoms with Crippen LogP contribution in [0.3, 0.4) is 0 Å². The summed E-state index contributed by atoms with van der Waals surface area (Å²) in [5.74, 6) is 0.629. The topological polar surface area (TPSA) is 94.8 Å². The highest BCUT2D eigenvalue weighted by molar-refractivity contribution is 14.0. The number of benzene rings is 1. The highest BCUT2D eigenvalue weighted by Crippen LogP contribution is 2.19. The van der Waals surface area contributed by atoms with Gasteiger partial charge in [0.05, 0.1) is 12.7 Å². The zero-order valence-electron chi connectivity index (χ0n) is 18.3. The normalized spacial score (nSPS) is 13.2. The number of aromatic nitrogens is 2. The molecule has 2 rings (SSSR count). The Bertz CT molecular complexity index is 848. The fraction of sp³-hybridized carbons (Fsp3) is 0.476. The van der Waals surface area contributed by atoms with Gasteiger partial charge in [0.15, 0.2) is 5.96 Å². The summed E-state index contributed by atoms with van der Waals surface area (Å²) in [5.41, 5.74) is 1.38. The SMILES string of the molecule is CCNC(=NCC(C)(O)c1cnn(C)c1)NCCc1cccc(C(=O)N(C)C)c1.I. The Morgan fingerprint density at radius 1 is 1.33 bits per heavy atom. The molecule has 0 bridgehead atoms. The largest absolute Gasteiger partial charge is 0.383 e. The molecule has 8 nitrogen and oxygen atoms in total. The van der Waals surface area contributed by atoms with Crippen molar-refractivity contribution in [3.63, 3.8) is 0 Å². The van der Waals surface area contributed by atoms with Gasteiger partial charge in [-0.25, -0.2) is 4.99 Å². The number of nitrogens with zero attached hydrogens (tertiary/aromatic N) is 4. The van der Waals surface area contributed by atoms with Crippen molar-refractivity contribution in [2.75, 3.05) is 33.7 Å². The predicted octanol–water partition coefficient (Wildman–Crippen LogP) is 1.75. The number of nitrogens with one attached hydrogen (secondary N) is 2. The minimum Gasteiger partial charge on any atom is -0.383 e. The van der Waals surface area contributed by atoms with Gasteiger partial charge in [0, 0.05) is 51.6 Å². The number of amides is 1. The summed E-state index contributed by atoms with van der Waals surface area (Å²) in [6.45, 7) is 5.30. The number of guanidine groups is 1. The molecule has 0 aliphatic carbocycles. The van der Waals surface area contributed by atoms with Gasteiger partial charge in [-0.15, -0.1) is 24.0 Å². The predicted molar refractivity (Wildman–Crippen MR) is 130 cm³/mol. The molecule has 0 saturated heterocycles. The van der Waals surface area contributed by atoms with Gasteiger partial charge in [0.25, 0.3) is 5.91 Å².